The van der Waals surface area contributed by atoms with E-state index in [9.17, 15) is 48.3 Å². The van der Waals surface area contributed by atoms with Crippen LogP contribution in [0, 0.1) is 40.9 Å². The lowest BCUT2D eigenvalue weighted by Crippen LogP contribution is -2.23. The van der Waals surface area contributed by atoms with Gasteiger partial charge in [0, 0.05) is 25.2 Å². The van der Waals surface area contributed by atoms with Crippen LogP contribution in [0.25, 0.3) is 0 Å². The number of hydrogen-bond donors (Lipinski definition) is 0. The maximum atomic E-state index is 12.4. The molecule has 1 saturated carbocycles. The van der Waals surface area contributed by atoms with Crippen LogP contribution in [0.3, 0.4) is 0 Å². The zero-order chi connectivity index (χ0) is 44.3. The predicted octanol–water partition coefficient (Wildman–Crippen LogP) is 18.8. The van der Waals surface area contributed by atoms with Crippen molar-refractivity contribution in [3.05, 3.63) is 0 Å². The molecule has 0 spiro atoms. The number of halogens is 11. The zero-order valence-corrected chi connectivity index (χ0v) is 37.5. The Labute approximate surface area is 316 Å². The van der Waals surface area contributed by atoms with E-state index < -0.39 is 42.7 Å². The van der Waals surface area contributed by atoms with Gasteiger partial charge in [0.1, 0.15) is 0 Å². The zero-order valence-electron chi connectivity index (χ0n) is 37.5. The molecule has 2 atom stereocenters. The van der Waals surface area contributed by atoms with Crippen molar-refractivity contribution >= 4 is 0 Å². The van der Waals surface area contributed by atoms with Crippen LogP contribution in [0.4, 0.5) is 48.3 Å². The van der Waals surface area contributed by atoms with Gasteiger partial charge in [-0.25, -0.2) is 8.78 Å². The van der Waals surface area contributed by atoms with E-state index in [-0.39, 0.29) is 25.2 Å². The van der Waals surface area contributed by atoms with Crippen molar-refractivity contribution < 1.29 is 48.3 Å². The minimum atomic E-state index is -4.00. The Kier molecular flexibility index (Phi) is 51.2. The summed E-state index contributed by atoms with van der Waals surface area (Å²) in [6, 6.07) is 0. The molecule has 1 fully saturated rings. The van der Waals surface area contributed by atoms with Gasteiger partial charge in [0.15, 0.2) is 0 Å². The van der Waals surface area contributed by atoms with E-state index in [4.69, 9.17) is 0 Å². The topological polar surface area (TPSA) is 0 Å². The lowest BCUT2D eigenvalue weighted by molar-refractivity contribution is -0.170. The molecule has 1 aliphatic carbocycles. The second-order valence-corrected chi connectivity index (χ2v) is 16.2. The van der Waals surface area contributed by atoms with E-state index in [0.29, 0.717) is 30.6 Å². The first-order valence-corrected chi connectivity index (χ1v) is 19.5. The van der Waals surface area contributed by atoms with Crippen molar-refractivity contribution in [3.8, 4) is 0 Å². The van der Waals surface area contributed by atoms with E-state index in [0.717, 1.165) is 25.7 Å². The van der Waals surface area contributed by atoms with Crippen LogP contribution < -0.4 is 0 Å². The highest BCUT2D eigenvalue weighted by molar-refractivity contribution is 4.74. The molecule has 0 aromatic rings. The van der Waals surface area contributed by atoms with Crippen LogP contribution >= 0.6 is 0 Å². The van der Waals surface area contributed by atoms with E-state index in [1.54, 1.807) is 13.8 Å². The van der Waals surface area contributed by atoms with Gasteiger partial charge >= 0.3 is 18.5 Å². The summed E-state index contributed by atoms with van der Waals surface area (Å²) in [5.74, 6) is -2.69. The summed E-state index contributed by atoms with van der Waals surface area (Å²) < 4.78 is 127. The first-order chi connectivity index (χ1) is 22.9. The van der Waals surface area contributed by atoms with Gasteiger partial charge in [-0.1, -0.05) is 165 Å². The Hall–Kier alpha value is -0.770. The molecule has 11 heteroatoms. The molecule has 0 heterocycles. The summed E-state index contributed by atoms with van der Waals surface area (Å²) in [6.07, 6.45) is -7.68. The second-order valence-electron chi connectivity index (χ2n) is 16.2. The predicted molar refractivity (Wildman–Crippen MR) is 207 cm³/mol. The first kappa shape index (κ1) is 69.2. The summed E-state index contributed by atoms with van der Waals surface area (Å²) in [7, 11) is 0. The Morgan fingerprint density at radius 1 is 0.577 bits per heavy atom. The summed E-state index contributed by atoms with van der Waals surface area (Å²) in [5, 5.41) is 0. The van der Waals surface area contributed by atoms with Crippen LogP contribution in [0.1, 0.15) is 203 Å². The highest BCUT2D eigenvalue weighted by Gasteiger charge is 2.34. The van der Waals surface area contributed by atoms with Crippen molar-refractivity contribution in [3.63, 3.8) is 0 Å². The van der Waals surface area contributed by atoms with Crippen molar-refractivity contribution in [2.24, 2.45) is 40.9 Å². The van der Waals surface area contributed by atoms with Crippen molar-refractivity contribution in [1.82, 2.24) is 0 Å². The Morgan fingerprint density at radius 3 is 0.904 bits per heavy atom. The third kappa shape index (κ3) is 97.7. The lowest BCUT2D eigenvalue weighted by Gasteiger charge is -2.25. The average Bonchev–Trinajstić information content (AvgIpc) is 2.94. The number of rotatable bonds is 4. The van der Waals surface area contributed by atoms with Crippen LogP contribution in [-0.4, -0.2) is 24.5 Å². The average molecular weight is 789 g/mol. The van der Waals surface area contributed by atoms with Crippen LogP contribution in [-0.2, 0) is 0 Å². The molecule has 0 radical (unpaired) electrons. The molecule has 0 aromatic heterocycles. The SMILES string of the molecule is CC.CC(C)(C)C.CC(C)C.CC(C)C(F)(F)F.CC1CCC(F)(F)CC1.CCC.CCC(C)C.CCC(C)C(F)(F)F.CC[C@H](C)CC(F)(F)F. The molecule has 0 nitrogen and oxygen atoms in total. The van der Waals surface area contributed by atoms with E-state index in [1.807, 2.05) is 20.8 Å². The molecule has 0 saturated heterocycles. The monoisotopic (exact) mass is 789 g/mol. The molecular formula is C41H87F11. The standard InChI is InChI=1S/C7H12F2.C6H11F3.C5H9F3.2C5H12.C4H7F3.C4H10.C3H8.C2H6/c1-6-2-4-7(8,9)5-3-6;1-3-5(2)4-6(7,8)9;1-3-4(2)5(6,7)8;1-5(2,3)4;1-4-5(2)3;1-3(2)4(5,6)7;1-4(2)3;1-3-2;1-2/h6H,2-5H2,1H3;5H,3-4H2,1-2H3;4H,3H2,1-2H3;1-4H3;5H,4H2,1-3H3;3H,1-2H3;4H,1-3H3;3H2,1-2H3;1-2H3/t;5-;;;;;;;/m.0......./s1. The van der Waals surface area contributed by atoms with Gasteiger partial charge in [-0.15, -0.1) is 0 Å². The van der Waals surface area contributed by atoms with E-state index in [1.165, 1.54) is 26.7 Å². The van der Waals surface area contributed by atoms with Gasteiger partial charge in [0.2, 0.25) is 5.92 Å². The fraction of sp³-hybridized carbons (Fsp3) is 1.00. The molecule has 1 unspecified atom stereocenters. The fourth-order valence-electron chi connectivity index (χ4n) is 1.96. The van der Waals surface area contributed by atoms with Gasteiger partial charge < -0.3 is 0 Å². The minimum absolute atomic E-state index is 0.105. The Balaban J connectivity index is -0.0000000720. The summed E-state index contributed by atoms with van der Waals surface area (Å²) in [4.78, 5) is 0. The second kappa shape index (κ2) is 38.5. The van der Waals surface area contributed by atoms with E-state index in [2.05, 4.69) is 83.1 Å². The maximum absolute atomic E-state index is 12.4. The fourth-order valence-corrected chi connectivity index (χ4v) is 1.96. The van der Waals surface area contributed by atoms with Crippen LogP contribution in [0.5, 0.6) is 0 Å². The summed E-state index contributed by atoms with van der Waals surface area (Å²) in [5.41, 5.74) is 0.500. The molecule has 0 amide bonds. The summed E-state index contributed by atoms with van der Waals surface area (Å²) in [6.45, 7) is 40.5. The van der Waals surface area contributed by atoms with Gasteiger partial charge in [-0.05, 0) is 48.3 Å². The Bertz CT molecular complexity index is 637. The Morgan fingerprint density at radius 2 is 0.827 bits per heavy atom. The van der Waals surface area contributed by atoms with Crippen molar-refractivity contribution in [1.29, 1.82) is 0 Å². The third-order valence-electron chi connectivity index (χ3n) is 5.92. The highest BCUT2D eigenvalue weighted by atomic mass is 19.4. The highest BCUT2D eigenvalue weighted by Crippen LogP contribution is 2.35. The van der Waals surface area contributed by atoms with Gasteiger partial charge in [-0.3, -0.25) is 0 Å². The molecule has 0 aromatic carbocycles. The van der Waals surface area contributed by atoms with Crippen molar-refractivity contribution in [2.45, 2.75) is 228 Å². The molecule has 1 aliphatic rings. The molecule has 0 N–H and O–H groups in total. The largest absolute Gasteiger partial charge is 0.391 e. The third-order valence-corrected chi connectivity index (χ3v) is 5.92. The normalized spacial score (nSPS) is 15.1. The van der Waals surface area contributed by atoms with Crippen LogP contribution in [0.15, 0.2) is 0 Å². The minimum Gasteiger partial charge on any atom is -0.207 e. The smallest absolute Gasteiger partial charge is 0.207 e. The molecule has 52 heavy (non-hydrogen) atoms. The summed E-state index contributed by atoms with van der Waals surface area (Å²) >= 11 is 0. The lowest BCUT2D eigenvalue weighted by atomic mass is 9.88. The van der Waals surface area contributed by atoms with Crippen LogP contribution in [0.2, 0.25) is 0 Å². The van der Waals surface area contributed by atoms with Gasteiger partial charge in [0.05, 0.1) is 5.92 Å². The molecule has 1 rings (SSSR count). The van der Waals surface area contributed by atoms with Gasteiger partial charge in [0.25, 0.3) is 0 Å². The molecular weight excluding hydrogens is 701 g/mol. The maximum Gasteiger partial charge on any atom is 0.391 e. The quantitative estimate of drug-likeness (QED) is 0.249. The molecule has 0 bridgehead atoms. The first-order valence-electron chi connectivity index (χ1n) is 19.5. The molecule has 0 aliphatic heterocycles. The number of hydrogen-bond acceptors (Lipinski definition) is 0. The van der Waals surface area contributed by atoms with Crippen molar-refractivity contribution in [2.75, 3.05) is 0 Å². The van der Waals surface area contributed by atoms with Gasteiger partial charge in [-0.2, -0.15) is 39.5 Å². The number of alkyl halides is 11. The molecule has 328 valence electrons. The van der Waals surface area contributed by atoms with E-state index >= 15 is 0 Å².